The van der Waals surface area contributed by atoms with Crippen LogP contribution in [0.1, 0.15) is 21.1 Å². The van der Waals surface area contributed by atoms with Crippen LogP contribution in [0.4, 0.5) is 47.8 Å². The highest BCUT2D eigenvalue weighted by molar-refractivity contribution is 9.10. The SMILES string of the molecule is [2H]C([2H])([2H])N(c1ccc(OC(F)(F)F)cc1)S(=O)(=O)c1ccc(-n2ncc(NC[C@@]3(F)CCCOC3)c(Cl)c2=O)cn1.[2H]C([2H])([2H])N(c1ccc(OC(F)(F)F)cc1)S(=O)(=O)c1ccc(Br)cn1. The zero-order chi connectivity index (χ0) is 50.7. The number of hydrogen-bond acceptors (Lipinski definition) is 12. The number of hydrogen-bond donors (Lipinski definition) is 1. The maximum absolute atomic E-state index is 14.8. The number of nitrogens with one attached hydrogen (secondary N) is 1. The summed E-state index contributed by atoms with van der Waals surface area (Å²) in [6.07, 6.45) is -5.87. The summed E-state index contributed by atoms with van der Waals surface area (Å²) in [5.41, 5.74) is -3.32. The van der Waals surface area contributed by atoms with Crippen molar-refractivity contribution in [3.8, 4) is 17.2 Å². The van der Waals surface area contributed by atoms with Crippen LogP contribution in [-0.2, 0) is 24.8 Å². The molecule has 4 heterocycles. The minimum atomic E-state index is -5.01. The lowest BCUT2D eigenvalue weighted by Crippen LogP contribution is -2.40. The van der Waals surface area contributed by atoms with Gasteiger partial charge in [0.1, 0.15) is 16.5 Å². The fourth-order valence-electron chi connectivity index (χ4n) is 5.15. The van der Waals surface area contributed by atoms with Gasteiger partial charge in [-0.3, -0.25) is 13.4 Å². The molecule has 1 atom stereocenters. The van der Waals surface area contributed by atoms with E-state index in [1.807, 2.05) is 0 Å². The molecular weight excluding hydrogens is 971 g/mol. The van der Waals surface area contributed by atoms with Gasteiger partial charge in [-0.05, 0) is 102 Å². The lowest BCUT2D eigenvalue weighted by molar-refractivity contribution is -0.275. The van der Waals surface area contributed by atoms with Gasteiger partial charge in [-0.15, -0.1) is 26.3 Å². The number of halogens is 9. The van der Waals surface area contributed by atoms with Crippen LogP contribution in [0.2, 0.25) is 5.02 Å². The fourth-order valence-corrected chi connectivity index (χ4v) is 7.60. The van der Waals surface area contributed by atoms with Crippen molar-refractivity contribution >= 4 is 64.6 Å². The molecule has 334 valence electrons. The van der Waals surface area contributed by atoms with E-state index in [1.165, 1.54) is 18.5 Å². The van der Waals surface area contributed by atoms with Crippen LogP contribution >= 0.6 is 27.5 Å². The van der Waals surface area contributed by atoms with Gasteiger partial charge in [-0.25, -0.2) is 14.4 Å². The smallest absolute Gasteiger partial charge is 0.406 e. The second-order valence-electron chi connectivity index (χ2n) is 12.5. The Morgan fingerprint density at radius 1 is 0.839 bits per heavy atom. The molecule has 0 saturated carbocycles. The number of ether oxygens (including phenoxy) is 3. The first-order valence-electron chi connectivity index (χ1n) is 20.0. The number of sulfonamides is 2. The van der Waals surface area contributed by atoms with Gasteiger partial charge in [0, 0.05) is 39.5 Å². The molecule has 0 spiro atoms. The summed E-state index contributed by atoms with van der Waals surface area (Å²) in [5.74, 6) is -1.31. The molecular formula is C36H32BrClF7N7O8S2. The van der Waals surface area contributed by atoms with Crippen molar-refractivity contribution in [3.63, 3.8) is 0 Å². The highest BCUT2D eigenvalue weighted by atomic mass is 79.9. The van der Waals surface area contributed by atoms with Crippen molar-refractivity contribution in [2.75, 3.05) is 47.6 Å². The third kappa shape index (κ3) is 12.2. The molecule has 5 aromatic rings. The van der Waals surface area contributed by atoms with E-state index in [0.29, 0.717) is 17.5 Å². The Balaban J connectivity index is 0.000000285. The predicted octanol–water partition coefficient (Wildman–Crippen LogP) is 7.50. The van der Waals surface area contributed by atoms with E-state index in [-0.39, 0.29) is 50.3 Å². The molecule has 3 aromatic heterocycles. The number of alkyl halides is 7. The van der Waals surface area contributed by atoms with E-state index in [1.54, 1.807) is 0 Å². The van der Waals surface area contributed by atoms with Crippen molar-refractivity contribution in [1.29, 1.82) is 0 Å². The van der Waals surface area contributed by atoms with Gasteiger partial charge >= 0.3 is 12.7 Å². The summed E-state index contributed by atoms with van der Waals surface area (Å²) < 4.78 is 200. The van der Waals surface area contributed by atoms with Gasteiger partial charge in [0.2, 0.25) is 0 Å². The first-order valence-corrected chi connectivity index (χ1v) is 21.0. The molecule has 26 heteroatoms. The van der Waals surface area contributed by atoms with Gasteiger partial charge in [0.05, 0.1) is 48.3 Å². The van der Waals surface area contributed by atoms with E-state index in [0.717, 1.165) is 77.6 Å². The molecule has 1 saturated heterocycles. The Bertz CT molecular complexity index is 2830. The molecule has 0 amide bonds. The number of anilines is 3. The van der Waals surface area contributed by atoms with E-state index in [9.17, 15) is 52.4 Å². The third-order valence-corrected chi connectivity index (χ3v) is 11.8. The average Bonchev–Trinajstić information content (AvgIpc) is 3.21. The Kier molecular flexibility index (Phi) is 12.1. The lowest BCUT2D eigenvalue weighted by atomic mass is 9.99. The van der Waals surface area contributed by atoms with Crippen LogP contribution in [0.25, 0.3) is 5.69 Å². The molecule has 62 heavy (non-hydrogen) atoms. The molecule has 15 nitrogen and oxygen atoms in total. The second-order valence-corrected chi connectivity index (χ2v) is 17.3. The minimum Gasteiger partial charge on any atom is -0.406 e. The van der Waals surface area contributed by atoms with E-state index in [2.05, 4.69) is 45.8 Å². The number of nitrogens with zero attached hydrogens (tertiary/aromatic N) is 6. The largest absolute Gasteiger partial charge is 0.573 e. The molecule has 1 fully saturated rings. The summed E-state index contributed by atoms with van der Waals surface area (Å²) in [6, 6.07) is 11.1. The van der Waals surface area contributed by atoms with Crippen molar-refractivity contribution in [2.45, 2.75) is 41.3 Å². The summed E-state index contributed by atoms with van der Waals surface area (Å²) in [6.45, 7) is -6.27. The Labute approximate surface area is 370 Å². The summed E-state index contributed by atoms with van der Waals surface area (Å²) >= 11 is 9.25. The van der Waals surface area contributed by atoms with Gasteiger partial charge in [0.25, 0.3) is 25.6 Å². The summed E-state index contributed by atoms with van der Waals surface area (Å²) in [5, 5.41) is 5.10. The maximum Gasteiger partial charge on any atom is 0.573 e. The zero-order valence-electron chi connectivity index (χ0n) is 36.9. The molecule has 0 radical (unpaired) electrons. The molecule has 0 unspecified atom stereocenters. The average molecular weight is 1010 g/mol. The van der Waals surface area contributed by atoms with Crippen LogP contribution in [0.15, 0.2) is 111 Å². The Morgan fingerprint density at radius 2 is 1.35 bits per heavy atom. The maximum atomic E-state index is 14.8. The van der Waals surface area contributed by atoms with Gasteiger partial charge in [-0.2, -0.15) is 26.6 Å². The third-order valence-electron chi connectivity index (χ3n) is 8.07. The lowest BCUT2D eigenvalue weighted by Gasteiger charge is -2.29. The van der Waals surface area contributed by atoms with Crippen LogP contribution < -0.4 is 29.0 Å². The summed E-state index contributed by atoms with van der Waals surface area (Å²) in [4.78, 5) is 20.3. The Hall–Kier alpha value is -5.24. The van der Waals surface area contributed by atoms with E-state index < -0.39 is 85.2 Å². The minimum absolute atomic E-state index is 0.0100. The van der Waals surface area contributed by atoms with Crippen LogP contribution in [0, 0.1) is 0 Å². The number of pyridine rings is 2. The quantitative estimate of drug-likeness (QED) is 0.122. The van der Waals surface area contributed by atoms with Crippen molar-refractivity contribution in [1.82, 2.24) is 19.7 Å². The number of aromatic nitrogens is 4. The topological polar surface area (TPSA) is 175 Å². The van der Waals surface area contributed by atoms with Crippen molar-refractivity contribution < 1.29 is 70.0 Å². The first kappa shape index (κ1) is 39.6. The molecule has 1 aliphatic rings. The van der Waals surface area contributed by atoms with Crippen molar-refractivity contribution in [3.05, 3.63) is 111 Å². The van der Waals surface area contributed by atoms with Crippen molar-refractivity contribution in [2.24, 2.45) is 0 Å². The van der Waals surface area contributed by atoms with Crippen LogP contribution in [0.5, 0.6) is 11.5 Å². The fraction of sp³-hybridized carbons (Fsp3) is 0.278. The molecule has 2 aromatic carbocycles. The first-order chi connectivity index (χ1) is 31.3. The highest BCUT2D eigenvalue weighted by Gasteiger charge is 2.34. The standard InChI is InChI=1S/C23H22ClF4N5O5S.C13H10BrF3N2O3S/c1-32(15-3-6-17(7-4-15)38-23(26,27)28)39(35,36)19-8-5-16(11-29-19)33-21(34)20(24)18(12-31-33)30-13-22(25)9-2-10-37-14-22;1-19(23(20,21)12-7-2-9(14)8-18-12)10-3-5-11(6-4-10)22-13(15,16)17/h3-8,11-12,30H,2,9-10,13-14H2,1H3;2-8H,1H3/t22-;/m0./s1/i2*1D3. The molecule has 1 N–H and O–H groups in total. The Morgan fingerprint density at radius 3 is 1.77 bits per heavy atom. The van der Waals surface area contributed by atoms with E-state index in [4.69, 9.17) is 24.6 Å². The van der Waals surface area contributed by atoms with Gasteiger partial charge in [0.15, 0.2) is 15.7 Å². The second kappa shape index (κ2) is 19.0. The molecule has 1 aliphatic heterocycles. The number of rotatable bonds is 12. The van der Waals surface area contributed by atoms with Crippen LogP contribution in [0.3, 0.4) is 0 Å². The normalized spacial score (nSPS) is 17.6. The number of benzene rings is 2. The molecule has 6 rings (SSSR count). The van der Waals surface area contributed by atoms with Gasteiger partial charge < -0.3 is 19.5 Å². The monoisotopic (exact) mass is 1010 g/mol. The molecule has 0 bridgehead atoms. The summed E-state index contributed by atoms with van der Waals surface area (Å²) in [7, 11) is -9.50. The molecule has 0 aliphatic carbocycles. The highest BCUT2D eigenvalue weighted by Crippen LogP contribution is 2.30. The zero-order valence-corrected chi connectivity index (χ0v) is 34.8. The van der Waals surface area contributed by atoms with E-state index >= 15 is 0 Å². The van der Waals surface area contributed by atoms with Gasteiger partial charge in [-0.1, -0.05) is 11.6 Å². The van der Waals surface area contributed by atoms with Crippen LogP contribution in [-0.4, -0.2) is 88.7 Å². The predicted molar refractivity (Wildman–Crippen MR) is 214 cm³/mol.